The normalized spacial score (nSPS) is 30.1. The van der Waals surface area contributed by atoms with Crippen molar-refractivity contribution in [1.82, 2.24) is 20.4 Å². The van der Waals surface area contributed by atoms with E-state index in [1.54, 1.807) is 4.90 Å². The highest BCUT2D eigenvalue weighted by Gasteiger charge is 2.43. The van der Waals surface area contributed by atoms with Crippen molar-refractivity contribution in [3.05, 3.63) is 34.9 Å². The number of piperidine rings is 2. The Morgan fingerprint density at radius 3 is 2.83 bits per heavy atom. The lowest BCUT2D eigenvalue weighted by Crippen LogP contribution is -2.53. The van der Waals surface area contributed by atoms with Crippen molar-refractivity contribution in [1.29, 1.82) is 0 Å². The monoisotopic (exact) mass is 396 g/mol. The summed E-state index contributed by atoms with van der Waals surface area (Å²) in [6.07, 6.45) is 5.54. The number of carbonyl (C=O) groups excluding carboxylic acids is 3. The summed E-state index contributed by atoms with van der Waals surface area (Å²) in [5.74, 6) is -0.673. The van der Waals surface area contributed by atoms with Gasteiger partial charge in [0.15, 0.2) is 0 Å². The van der Waals surface area contributed by atoms with Gasteiger partial charge in [0.2, 0.25) is 11.8 Å². The number of benzene rings is 1. The largest absolute Gasteiger partial charge is 0.322 e. The van der Waals surface area contributed by atoms with Gasteiger partial charge in [0.05, 0.1) is 0 Å². The lowest BCUT2D eigenvalue weighted by Gasteiger charge is -2.45. The summed E-state index contributed by atoms with van der Waals surface area (Å²) in [7, 11) is 0. The molecule has 2 N–H and O–H groups in total. The fourth-order valence-corrected chi connectivity index (χ4v) is 5.64. The smallest absolute Gasteiger partial charge is 0.255 e. The summed E-state index contributed by atoms with van der Waals surface area (Å²) >= 11 is 0. The number of nitrogens with zero attached hydrogens (tertiary/aromatic N) is 2. The Kier molecular flexibility index (Phi) is 4.67. The molecule has 3 amide bonds. The second-order valence-electron chi connectivity index (χ2n) is 8.88. The van der Waals surface area contributed by atoms with Crippen LogP contribution in [0, 0.1) is 0 Å². The van der Waals surface area contributed by atoms with Crippen molar-refractivity contribution in [2.75, 3.05) is 19.6 Å². The van der Waals surface area contributed by atoms with Gasteiger partial charge in [-0.25, -0.2) is 0 Å². The Labute approximate surface area is 170 Å². The summed E-state index contributed by atoms with van der Waals surface area (Å²) in [4.78, 5) is 41.4. The van der Waals surface area contributed by atoms with Gasteiger partial charge in [-0.2, -0.15) is 0 Å². The Balaban J connectivity index is 1.40. The molecule has 29 heavy (non-hydrogen) atoms. The average Bonchev–Trinajstić information content (AvgIpc) is 3.30. The Morgan fingerprint density at radius 1 is 1.14 bits per heavy atom. The van der Waals surface area contributed by atoms with Crippen LogP contribution >= 0.6 is 0 Å². The van der Waals surface area contributed by atoms with Crippen LogP contribution in [0.3, 0.4) is 0 Å². The van der Waals surface area contributed by atoms with E-state index >= 15 is 0 Å². The zero-order chi connectivity index (χ0) is 20.0. The molecule has 154 valence electrons. The van der Waals surface area contributed by atoms with Gasteiger partial charge in [0, 0.05) is 37.2 Å². The van der Waals surface area contributed by atoms with Crippen LogP contribution in [0.15, 0.2) is 18.2 Å². The van der Waals surface area contributed by atoms with Gasteiger partial charge in [-0.05, 0) is 49.9 Å². The van der Waals surface area contributed by atoms with E-state index in [0.717, 1.165) is 42.9 Å². The van der Waals surface area contributed by atoms with Crippen LogP contribution in [0.25, 0.3) is 0 Å². The third-order valence-electron chi connectivity index (χ3n) is 7.21. The average molecular weight is 396 g/mol. The highest BCUT2D eigenvalue weighted by atomic mass is 16.2. The Morgan fingerprint density at radius 2 is 2.03 bits per heavy atom. The molecule has 7 nitrogen and oxygen atoms in total. The maximum absolute atomic E-state index is 13.3. The lowest BCUT2D eigenvalue weighted by atomic mass is 9.85. The maximum Gasteiger partial charge on any atom is 0.255 e. The van der Waals surface area contributed by atoms with Crippen LogP contribution in [0.2, 0.25) is 0 Å². The fourth-order valence-electron chi connectivity index (χ4n) is 5.64. The minimum atomic E-state index is -0.555. The Bertz CT molecular complexity index is 862. The second-order valence-corrected chi connectivity index (χ2v) is 8.88. The molecule has 4 aliphatic rings. The van der Waals surface area contributed by atoms with E-state index in [9.17, 15) is 14.4 Å². The van der Waals surface area contributed by atoms with Gasteiger partial charge < -0.3 is 10.2 Å². The van der Waals surface area contributed by atoms with E-state index in [1.807, 2.05) is 12.1 Å². The molecule has 4 aliphatic heterocycles. The first kappa shape index (κ1) is 18.8. The quantitative estimate of drug-likeness (QED) is 0.750. The van der Waals surface area contributed by atoms with Crippen LogP contribution in [0.5, 0.6) is 0 Å². The predicted molar refractivity (Wildman–Crippen MR) is 107 cm³/mol. The molecule has 0 aromatic heterocycles. The number of hydrogen-bond acceptors (Lipinski definition) is 5. The standard InChI is InChI=1S/C22H28N4O3/c27-18-7-6-17(20(28)24-18)26-13-16-5-3-4-15(19(16)21(26)29)12-25-11-2-1-8-22(25)9-10-23-14-22/h3-5,17,23H,1-2,6-14H2,(H,24,27,28). The van der Waals surface area contributed by atoms with E-state index < -0.39 is 6.04 Å². The number of hydrogen-bond donors (Lipinski definition) is 2. The number of likely N-dealkylation sites (tertiary alicyclic amines) is 1. The predicted octanol–water partition coefficient (Wildman–Crippen LogP) is 1.17. The van der Waals surface area contributed by atoms with Crippen molar-refractivity contribution >= 4 is 17.7 Å². The molecule has 5 rings (SSSR count). The molecule has 1 aromatic rings. The van der Waals surface area contributed by atoms with E-state index in [1.165, 1.54) is 25.7 Å². The van der Waals surface area contributed by atoms with Crippen molar-refractivity contribution in [2.45, 2.75) is 63.2 Å². The van der Waals surface area contributed by atoms with Crippen molar-refractivity contribution in [3.8, 4) is 0 Å². The molecule has 3 saturated heterocycles. The van der Waals surface area contributed by atoms with Gasteiger partial charge in [0.1, 0.15) is 6.04 Å². The fraction of sp³-hybridized carbons (Fsp3) is 0.591. The van der Waals surface area contributed by atoms with E-state index in [4.69, 9.17) is 0 Å². The third kappa shape index (κ3) is 3.16. The molecule has 3 fully saturated rings. The zero-order valence-corrected chi connectivity index (χ0v) is 16.7. The van der Waals surface area contributed by atoms with E-state index in [0.29, 0.717) is 13.0 Å². The molecule has 0 radical (unpaired) electrons. The van der Waals surface area contributed by atoms with E-state index in [2.05, 4.69) is 21.6 Å². The van der Waals surface area contributed by atoms with Gasteiger partial charge in [-0.15, -0.1) is 0 Å². The first-order valence-corrected chi connectivity index (χ1v) is 10.8. The lowest BCUT2D eigenvalue weighted by molar-refractivity contribution is -0.136. The van der Waals surface area contributed by atoms with Gasteiger partial charge in [-0.3, -0.25) is 24.6 Å². The van der Waals surface area contributed by atoms with Crippen LogP contribution in [-0.4, -0.2) is 58.7 Å². The highest BCUT2D eigenvalue weighted by molar-refractivity contribution is 6.06. The first-order valence-electron chi connectivity index (χ1n) is 10.8. The summed E-state index contributed by atoms with van der Waals surface area (Å²) in [6, 6.07) is 5.53. The molecular formula is C22H28N4O3. The molecule has 7 heteroatoms. The summed E-state index contributed by atoms with van der Waals surface area (Å²) in [5, 5.41) is 5.91. The van der Waals surface area contributed by atoms with E-state index in [-0.39, 0.29) is 29.7 Å². The molecule has 0 aliphatic carbocycles. The van der Waals surface area contributed by atoms with Crippen molar-refractivity contribution in [3.63, 3.8) is 0 Å². The summed E-state index contributed by atoms with van der Waals surface area (Å²) in [6.45, 7) is 4.38. The molecular weight excluding hydrogens is 368 g/mol. The number of fused-ring (bicyclic) bond motifs is 1. The van der Waals surface area contributed by atoms with Crippen LogP contribution in [0.1, 0.15) is 60.0 Å². The maximum atomic E-state index is 13.3. The van der Waals surface area contributed by atoms with Gasteiger partial charge in [-0.1, -0.05) is 24.6 Å². The number of rotatable bonds is 3. The van der Waals surface area contributed by atoms with Crippen LogP contribution in [0.4, 0.5) is 0 Å². The molecule has 1 aromatic carbocycles. The van der Waals surface area contributed by atoms with Gasteiger partial charge in [0.25, 0.3) is 5.91 Å². The summed E-state index contributed by atoms with van der Waals surface area (Å²) < 4.78 is 0. The topological polar surface area (TPSA) is 81.8 Å². The zero-order valence-electron chi connectivity index (χ0n) is 16.7. The molecule has 2 unspecified atom stereocenters. The third-order valence-corrected chi connectivity index (χ3v) is 7.21. The van der Waals surface area contributed by atoms with Crippen molar-refractivity contribution < 1.29 is 14.4 Å². The van der Waals surface area contributed by atoms with Crippen LogP contribution in [-0.2, 0) is 22.7 Å². The minimum Gasteiger partial charge on any atom is -0.322 e. The number of imide groups is 1. The summed E-state index contributed by atoms with van der Waals surface area (Å²) in [5.41, 5.74) is 3.04. The molecule has 2 atom stereocenters. The Hall–Kier alpha value is -2.25. The van der Waals surface area contributed by atoms with Crippen molar-refractivity contribution in [2.24, 2.45) is 0 Å². The first-order chi connectivity index (χ1) is 14.1. The number of amides is 3. The highest BCUT2D eigenvalue weighted by Crippen LogP contribution is 2.36. The second kappa shape index (κ2) is 7.22. The SMILES string of the molecule is O=C1CCC(N2Cc3cccc(CN4CCCCC45CCNC5)c3C2=O)C(=O)N1. The number of carbonyl (C=O) groups is 3. The molecule has 4 heterocycles. The minimum absolute atomic E-state index is 0.0688. The van der Waals surface area contributed by atoms with Crippen LogP contribution < -0.4 is 10.6 Å². The van der Waals surface area contributed by atoms with Gasteiger partial charge >= 0.3 is 0 Å². The molecule has 0 bridgehead atoms. The molecule has 0 saturated carbocycles. The molecule has 1 spiro atoms. The number of nitrogens with one attached hydrogen (secondary N) is 2.